The Morgan fingerprint density at radius 3 is 3.00 bits per heavy atom. The molecule has 0 radical (unpaired) electrons. The van der Waals surface area contributed by atoms with Gasteiger partial charge in [0.15, 0.2) is 0 Å². The summed E-state index contributed by atoms with van der Waals surface area (Å²) < 4.78 is 22.3. The van der Waals surface area contributed by atoms with Gasteiger partial charge in [0.2, 0.25) is 0 Å². The Bertz CT molecular complexity index is 990. The standard InChI is InChI=1S/C21H23N3O5/c1-26-9-10-27-15-3-4-17-20-16-12-14(11-15)13-29-21(25)22-7-2-8-28-19(16)6-5-18(20)24-23-17/h3-6,11-12H,2,7-10,13H2,1H3,(H,22,25)(H,23,24). The fourth-order valence-corrected chi connectivity index (χ4v) is 3.22. The number of hydrogen-bond acceptors (Lipinski definition) is 6. The van der Waals surface area contributed by atoms with Crippen molar-refractivity contribution in [2.24, 2.45) is 0 Å². The lowest BCUT2D eigenvalue weighted by atomic mass is 10.0. The predicted molar refractivity (Wildman–Crippen MR) is 108 cm³/mol. The lowest BCUT2D eigenvalue weighted by Gasteiger charge is -2.14. The van der Waals surface area contributed by atoms with Crippen LogP contribution < -0.4 is 10.1 Å². The van der Waals surface area contributed by atoms with Crippen molar-refractivity contribution < 1.29 is 23.7 Å². The fourth-order valence-electron chi connectivity index (χ4n) is 3.22. The van der Waals surface area contributed by atoms with E-state index in [0.29, 0.717) is 38.5 Å². The molecule has 0 spiro atoms. The van der Waals surface area contributed by atoms with Crippen LogP contribution in [0.2, 0.25) is 0 Å². The average molecular weight is 397 g/mol. The van der Waals surface area contributed by atoms with Gasteiger partial charge in [0.25, 0.3) is 0 Å². The van der Waals surface area contributed by atoms with Crippen molar-refractivity contribution in [1.29, 1.82) is 0 Å². The Kier molecular flexibility index (Phi) is 5.81. The average Bonchev–Trinajstić information content (AvgIpc) is 3.15. The minimum atomic E-state index is -0.459. The SMILES string of the molecule is COCCOC1=CC2=Cc3c(ccc4[nH]nc(c34)C=C1)OCCCNC(=O)OC2. The van der Waals surface area contributed by atoms with Crippen LogP contribution in [-0.2, 0) is 14.2 Å². The third kappa shape index (κ3) is 4.43. The number of carbonyl (C=O) groups excluding carboxylic acids is 1. The van der Waals surface area contributed by atoms with E-state index in [2.05, 4.69) is 15.5 Å². The number of ether oxygens (including phenoxy) is 4. The maximum absolute atomic E-state index is 11.9. The number of methoxy groups -OCH3 is 1. The Balaban J connectivity index is 1.82. The third-order valence-corrected chi connectivity index (χ3v) is 4.60. The number of alkyl carbamates (subject to hydrolysis) is 1. The summed E-state index contributed by atoms with van der Waals surface area (Å²) in [7, 11) is 1.62. The number of nitrogens with one attached hydrogen (secondary N) is 2. The van der Waals surface area contributed by atoms with Gasteiger partial charge in [-0.1, -0.05) is 0 Å². The zero-order valence-corrected chi connectivity index (χ0v) is 16.2. The molecule has 1 aromatic carbocycles. The van der Waals surface area contributed by atoms with Crippen molar-refractivity contribution >= 4 is 29.1 Å². The van der Waals surface area contributed by atoms with E-state index in [9.17, 15) is 4.79 Å². The van der Waals surface area contributed by atoms with E-state index in [0.717, 1.165) is 33.5 Å². The topological polar surface area (TPSA) is 94.7 Å². The van der Waals surface area contributed by atoms with Gasteiger partial charge in [-0.25, -0.2) is 4.79 Å². The summed E-state index contributed by atoms with van der Waals surface area (Å²) in [5, 5.41) is 11.2. The van der Waals surface area contributed by atoms with Crippen LogP contribution in [-0.4, -0.2) is 56.4 Å². The summed E-state index contributed by atoms with van der Waals surface area (Å²) >= 11 is 0. The maximum Gasteiger partial charge on any atom is 0.407 e. The summed E-state index contributed by atoms with van der Waals surface area (Å²) in [5.41, 5.74) is 3.34. The second-order valence-electron chi connectivity index (χ2n) is 6.65. The Labute approximate surface area is 168 Å². The molecule has 1 aliphatic heterocycles. The zero-order chi connectivity index (χ0) is 20.1. The summed E-state index contributed by atoms with van der Waals surface area (Å²) in [6.07, 6.45) is 7.77. The number of rotatable bonds is 4. The smallest absolute Gasteiger partial charge is 0.407 e. The highest BCUT2D eigenvalue weighted by atomic mass is 16.5. The van der Waals surface area contributed by atoms with Crippen LogP contribution in [0, 0.1) is 0 Å². The lowest BCUT2D eigenvalue weighted by molar-refractivity contribution is 0.114. The zero-order valence-electron chi connectivity index (χ0n) is 16.2. The first-order valence-corrected chi connectivity index (χ1v) is 9.51. The molecule has 0 fully saturated rings. The van der Waals surface area contributed by atoms with Gasteiger partial charge in [0, 0.05) is 24.6 Å². The van der Waals surface area contributed by atoms with E-state index in [-0.39, 0.29) is 6.61 Å². The van der Waals surface area contributed by atoms with Gasteiger partial charge in [0.1, 0.15) is 24.7 Å². The third-order valence-electron chi connectivity index (χ3n) is 4.60. The van der Waals surface area contributed by atoms with Crippen molar-refractivity contribution in [2.45, 2.75) is 6.42 Å². The summed E-state index contributed by atoms with van der Waals surface area (Å²) in [4.78, 5) is 11.9. The number of hydrogen-bond donors (Lipinski definition) is 2. The predicted octanol–water partition coefficient (Wildman–Crippen LogP) is 3.03. The van der Waals surface area contributed by atoms with Gasteiger partial charge in [-0.3, -0.25) is 5.10 Å². The number of amides is 1. The fraction of sp³-hybridized carbons (Fsp3) is 0.333. The van der Waals surface area contributed by atoms with Crippen LogP contribution in [0.5, 0.6) is 5.75 Å². The number of aromatic amines is 1. The first kappa shape index (κ1) is 19.1. The van der Waals surface area contributed by atoms with Crippen LogP contribution in [0.4, 0.5) is 4.79 Å². The number of benzene rings is 1. The van der Waals surface area contributed by atoms with Crippen molar-refractivity contribution in [2.75, 3.05) is 40.1 Å². The van der Waals surface area contributed by atoms with Gasteiger partial charge >= 0.3 is 6.09 Å². The number of H-pyrrole nitrogens is 1. The van der Waals surface area contributed by atoms with Gasteiger partial charge < -0.3 is 24.3 Å². The molecular formula is C21H23N3O5. The molecule has 2 heterocycles. The molecule has 8 nitrogen and oxygen atoms in total. The molecule has 1 aliphatic carbocycles. The number of allylic oxidation sites excluding steroid dienone is 1. The largest absolute Gasteiger partial charge is 0.493 e. The normalized spacial score (nSPS) is 16.8. The van der Waals surface area contributed by atoms with Crippen molar-refractivity contribution in [3.8, 4) is 5.75 Å². The molecule has 0 saturated heterocycles. The van der Waals surface area contributed by atoms with Gasteiger partial charge in [-0.2, -0.15) is 5.10 Å². The maximum atomic E-state index is 11.9. The van der Waals surface area contributed by atoms with E-state index in [1.54, 1.807) is 7.11 Å². The Morgan fingerprint density at radius 1 is 1.17 bits per heavy atom. The minimum absolute atomic E-state index is 0.0970. The number of aromatic nitrogens is 2. The molecule has 2 N–H and O–H groups in total. The van der Waals surface area contributed by atoms with E-state index >= 15 is 0 Å². The van der Waals surface area contributed by atoms with Crippen molar-refractivity contribution in [3.05, 3.63) is 46.9 Å². The Hall–Kier alpha value is -3.26. The van der Waals surface area contributed by atoms with E-state index in [1.807, 2.05) is 36.4 Å². The van der Waals surface area contributed by atoms with Crippen LogP contribution >= 0.6 is 0 Å². The summed E-state index contributed by atoms with van der Waals surface area (Å²) in [6.45, 7) is 1.92. The van der Waals surface area contributed by atoms with E-state index in [4.69, 9.17) is 18.9 Å². The minimum Gasteiger partial charge on any atom is -0.493 e. The summed E-state index contributed by atoms with van der Waals surface area (Å²) in [6, 6.07) is 3.89. The number of nitrogens with zero attached hydrogens (tertiary/aromatic N) is 1. The van der Waals surface area contributed by atoms with Crippen LogP contribution in [0.3, 0.4) is 0 Å². The lowest BCUT2D eigenvalue weighted by Crippen LogP contribution is -2.27. The molecule has 2 bridgehead atoms. The first-order chi connectivity index (χ1) is 14.2. The molecule has 2 aromatic rings. The van der Waals surface area contributed by atoms with Gasteiger partial charge in [-0.05, 0) is 48.4 Å². The quantitative estimate of drug-likeness (QED) is 0.770. The van der Waals surface area contributed by atoms with Crippen molar-refractivity contribution in [1.82, 2.24) is 15.5 Å². The second kappa shape index (κ2) is 8.83. The Morgan fingerprint density at radius 2 is 2.10 bits per heavy atom. The van der Waals surface area contributed by atoms with Crippen LogP contribution in [0.1, 0.15) is 17.7 Å². The summed E-state index contributed by atoms with van der Waals surface area (Å²) in [5.74, 6) is 1.38. The van der Waals surface area contributed by atoms with Crippen LogP contribution in [0.25, 0.3) is 23.1 Å². The molecule has 4 rings (SSSR count). The molecule has 0 atom stereocenters. The molecular weight excluding hydrogens is 374 g/mol. The van der Waals surface area contributed by atoms with Gasteiger partial charge in [-0.15, -0.1) is 0 Å². The molecule has 2 aliphatic rings. The molecule has 0 saturated carbocycles. The number of cyclic esters (lactones) is 1. The highest BCUT2D eigenvalue weighted by molar-refractivity contribution is 5.97. The van der Waals surface area contributed by atoms with E-state index < -0.39 is 6.09 Å². The highest BCUT2D eigenvalue weighted by Crippen LogP contribution is 2.33. The molecule has 152 valence electrons. The molecule has 1 amide bonds. The monoisotopic (exact) mass is 397 g/mol. The molecule has 0 unspecified atom stereocenters. The van der Waals surface area contributed by atoms with Crippen LogP contribution in [0.15, 0.2) is 35.6 Å². The van der Waals surface area contributed by atoms with E-state index in [1.165, 1.54) is 0 Å². The molecule has 1 aromatic heterocycles. The number of carbonyl (C=O) groups is 1. The van der Waals surface area contributed by atoms with Crippen molar-refractivity contribution in [3.63, 3.8) is 0 Å². The molecule has 8 heteroatoms. The molecule has 29 heavy (non-hydrogen) atoms. The second-order valence-corrected chi connectivity index (χ2v) is 6.65. The first-order valence-electron chi connectivity index (χ1n) is 9.51. The van der Waals surface area contributed by atoms with Gasteiger partial charge in [0.05, 0.1) is 24.4 Å². The highest BCUT2D eigenvalue weighted by Gasteiger charge is 2.16.